The van der Waals surface area contributed by atoms with E-state index in [1.165, 1.54) is 0 Å². The molecule has 0 radical (unpaired) electrons. The number of amides is 3. The molecule has 5 atom stereocenters. The van der Waals surface area contributed by atoms with E-state index in [9.17, 15) is 34.2 Å². The third-order valence-corrected chi connectivity index (χ3v) is 5.63. The van der Waals surface area contributed by atoms with Gasteiger partial charge in [-0.3, -0.25) is 19.2 Å². The summed E-state index contributed by atoms with van der Waals surface area (Å²) in [5, 5.41) is 25.9. The lowest BCUT2D eigenvalue weighted by atomic mass is 9.97. The molecule has 0 aliphatic rings. The summed E-state index contributed by atoms with van der Waals surface area (Å²) in [5.41, 5.74) is 6.30. The molecular weight excluding hydrogens is 464 g/mol. The van der Waals surface area contributed by atoms with Crippen molar-refractivity contribution in [2.75, 3.05) is 5.75 Å². The average Bonchev–Trinajstić information content (AvgIpc) is 2.80. The van der Waals surface area contributed by atoms with E-state index in [1.54, 1.807) is 44.2 Å². The molecule has 1 aromatic rings. The maximum atomic E-state index is 12.9. The minimum absolute atomic E-state index is 0.0389. The molecule has 0 aliphatic heterocycles. The number of carbonyl (C=O) groups is 5. The van der Waals surface area contributed by atoms with E-state index < -0.39 is 60.2 Å². The molecule has 0 fully saturated rings. The van der Waals surface area contributed by atoms with Gasteiger partial charge in [-0.15, -0.1) is 0 Å². The Morgan fingerprint density at radius 3 is 2.03 bits per heavy atom. The van der Waals surface area contributed by atoms with Crippen molar-refractivity contribution in [2.24, 2.45) is 11.7 Å². The van der Waals surface area contributed by atoms with Crippen LogP contribution in [0.3, 0.4) is 0 Å². The van der Waals surface area contributed by atoms with Gasteiger partial charge in [-0.25, -0.2) is 4.79 Å². The molecule has 7 N–H and O–H groups in total. The van der Waals surface area contributed by atoms with Crippen LogP contribution in [0.25, 0.3) is 0 Å². The van der Waals surface area contributed by atoms with Crippen molar-refractivity contribution >= 4 is 42.3 Å². The Labute approximate surface area is 203 Å². The number of nitrogens with one attached hydrogen (secondary N) is 3. The summed E-state index contributed by atoms with van der Waals surface area (Å²) in [6.07, 6.45) is -0.335. The first-order valence-electron chi connectivity index (χ1n) is 10.8. The molecular formula is C22H32N4O7S. The summed E-state index contributed by atoms with van der Waals surface area (Å²) in [5.74, 6) is -5.40. The highest BCUT2D eigenvalue weighted by Gasteiger charge is 2.33. The van der Waals surface area contributed by atoms with E-state index in [0.29, 0.717) is 12.0 Å². The molecule has 11 nitrogen and oxygen atoms in total. The number of hydrogen-bond acceptors (Lipinski definition) is 7. The Balaban J connectivity index is 3.03. The minimum atomic E-state index is -1.57. The van der Waals surface area contributed by atoms with E-state index in [2.05, 4.69) is 28.6 Å². The standard InChI is InChI=1S/C22H32N4O7S/c1-3-12(2)18(26-19(29)14(23)11-34)21(31)24-15(10-17(27)28)20(30)25-16(22(32)33)9-13-7-5-4-6-8-13/h4-8,12,14-16,18,34H,3,9-11,23H2,1-2H3,(H,24,31)(H,25,30)(H,26,29)(H,27,28)(H,32,33). The number of carbonyl (C=O) groups excluding carboxylic acids is 3. The number of rotatable bonds is 14. The second-order valence-corrected chi connectivity index (χ2v) is 8.27. The van der Waals surface area contributed by atoms with Crippen LogP contribution in [0.1, 0.15) is 32.3 Å². The summed E-state index contributed by atoms with van der Waals surface area (Å²) < 4.78 is 0. The molecule has 0 saturated carbocycles. The van der Waals surface area contributed by atoms with E-state index in [1.807, 2.05) is 0 Å². The average molecular weight is 497 g/mol. The first-order valence-corrected chi connectivity index (χ1v) is 11.4. The van der Waals surface area contributed by atoms with E-state index in [-0.39, 0.29) is 18.1 Å². The van der Waals surface area contributed by atoms with E-state index >= 15 is 0 Å². The Bertz CT molecular complexity index is 868. The van der Waals surface area contributed by atoms with Gasteiger partial charge >= 0.3 is 11.9 Å². The normalized spacial score (nSPS) is 15.2. The second kappa shape index (κ2) is 14.2. The lowest BCUT2D eigenvalue weighted by molar-refractivity contribution is -0.143. The summed E-state index contributed by atoms with van der Waals surface area (Å²) in [4.78, 5) is 60.9. The Morgan fingerprint density at radius 2 is 1.53 bits per heavy atom. The Kier molecular flexibility index (Phi) is 12.1. The quantitative estimate of drug-likeness (QED) is 0.169. The summed E-state index contributed by atoms with van der Waals surface area (Å²) in [7, 11) is 0. The van der Waals surface area contributed by atoms with Crippen LogP contribution in [0, 0.1) is 5.92 Å². The van der Waals surface area contributed by atoms with Gasteiger partial charge < -0.3 is 31.9 Å². The highest BCUT2D eigenvalue weighted by molar-refractivity contribution is 7.80. The third kappa shape index (κ3) is 9.40. The maximum absolute atomic E-state index is 12.9. The monoisotopic (exact) mass is 496 g/mol. The zero-order valence-electron chi connectivity index (χ0n) is 19.1. The van der Waals surface area contributed by atoms with Crippen molar-refractivity contribution < 1.29 is 34.2 Å². The molecule has 0 heterocycles. The van der Waals surface area contributed by atoms with Gasteiger partial charge in [0, 0.05) is 12.2 Å². The van der Waals surface area contributed by atoms with E-state index in [0.717, 1.165) is 0 Å². The van der Waals surface area contributed by atoms with Crippen LogP contribution in [-0.2, 0) is 30.4 Å². The molecule has 1 rings (SSSR count). The fourth-order valence-electron chi connectivity index (χ4n) is 3.01. The topological polar surface area (TPSA) is 188 Å². The predicted octanol–water partition coefficient (Wildman–Crippen LogP) is -0.454. The largest absolute Gasteiger partial charge is 0.481 e. The molecule has 0 aromatic heterocycles. The van der Waals surface area contributed by atoms with Crippen molar-refractivity contribution in [1.29, 1.82) is 0 Å². The molecule has 3 amide bonds. The molecule has 0 bridgehead atoms. The number of aliphatic carboxylic acids is 2. The van der Waals surface area contributed by atoms with Crippen LogP contribution in [-0.4, -0.2) is 69.8 Å². The molecule has 34 heavy (non-hydrogen) atoms. The predicted molar refractivity (Wildman–Crippen MR) is 127 cm³/mol. The Hall–Kier alpha value is -3.12. The van der Waals surface area contributed by atoms with Crippen LogP contribution in [0.2, 0.25) is 0 Å². The number of benzene rings is 1. The third-order valence-electron chi connectivity index (χ3n) is 5.24. The molecule has 0 aliphatic carbocycles. The molecule has 0 spiro atoms. The number of hydrogen-bond donors (Lipinski definition) is 7. The highest BCUT2D eigenvalue weighted by Crippen LogP contribution is 2.10. The first-order chi connectivity index (χ1) is 16.0. The zero-order valence-corrected chi connectivity index (χ0v) is 20.0. The molecule has 188 valence electrons. The van der Waals surface area contributed by atoms with Gasteiger partial charge in [0.2, 0.25) is 17.7 Å². The summed E-state index contributed by atoms with van der Waals surface area (Å²) in [6, 6.07) is 3.60. The van der Waals surface area contributed by atoms with Gasteiger partial charge in [-0.1, -0.05) is 50.6 Å². The fraction of sp³-hybridized carbons (Fsp3) is 0.500. The summed E-state index contributed by atoms with van der Waals surface area (Å²) >= 11 is 3.95. The Morgan fingerprint density at radius 1 is 0.941 bits per heavy atom. The number of carboxylic acids is 2. The van der Waals surface area contributed by atoms with E-state index in [4.69, 9.17) is 5.73 Å². The van der Waals surface area contributed by atoms with Crippen LogP contribution in [0.4, 0.5) is 0 Å². The lowest BCUT2D eigenvalue weighted by Gasteiger charge is -2.27. The first kappa shape index (κ1) is 28.9. The maximum Gasteiger partial charge on any atom is 0.326 e. The second-order valence-electron chi connectivity index (χ2n) is 7.91. The van der Waals surface area contributed by atoms with Crippen molar-refractivity contribution in [1.82, 2.24) is 16.0 Å². The molecule has 5 unspecified atom stereocenters. The SMILES string of the molecule is CCC(C)C(NC(=O)C(N)CS)C(=O)NC(CC(=O)O)C(=O)NC(Cc1ccccc1)C(=O)O. The van der Waals surface area contributed by atoms with Gasteiger partial charge in [0.15, 0.2) is 0 Å². The highest BCUT2D eigenvalue weighted by atomic mass is 32.1. The van der Waals surface area contributed by atoms with Crippen molar-refractivity contribution in [3.05, 3.63) is 35.9 Å². The van der Waals surface area contributed by atoms with Crippen LogP contribution < -0.4 is 21.7 Å². The number of carboxylic acid groups (broad SMARTS) is 2. The molecule has 12 heteroatoms. The fourth-order valence-corrected chi connectivity index (χ4v) is 3.18. The molecule has 1 aromatic carbocycles. The summed E-state index contributed by atoms with van der Waals surface area (Å²) in [6.45, 7) is 3.49. The smallest absolute Gasteiger partial charge is 0.326 e. The van der Waals surface area contributed by atoms with Gasteiger partial charge in [0.25, 0.3) is 0 Å². The van der Waals surface area contributed by atoms with Crippen LogP contribution in [0.15, 0.2) is 30.3 Å². The number of thiol groups is 1. The number of nitrogens with two attached hydrogens (primary N) is 1. The van der Waals surface area contributed by atoms with Gasteiger partial charge in [-0.2, -0.15) is 12.6 Å². The zero-order chi connectivity index (χ0) is 25.8. The van der Waals surface area contributed by atoms with Gasteiger partial charge in [-0.05, 0) is 11.5 Å². The van der Waals surface area contributed by atoms with Gasteiger partial charge in [0.05, 0.1) is 12.5 Å². The van der Waals surface area contributed by atoms with Gasteiger partial charge in [0.1, 0.15) is 18.1 Å². The van der Waals surface area contributed by atoms with Crippen molar-refractivity contribution in [2.45, 2.75) is 57.3 Å². The lowest BCUT2D eigenvalue weighted by Crippen LogP contribution is -2.59. The van der Waals surface area contributed by atoms with Crippen molar-refractivity contribution in [3.63, 3.8) is 0 Å². The van der Waals surface area contributed by atoms with Crippen LogP contribution >= 0.6 is 12.6 Å². The van der Waals surface area contributed by atoms with Crippen molar-refractivity contribution in [3.8, 4) is 0 Å². The van der Waals surface area contributed by atoms with Crippen LogP contribution in [0.5, 0.6) is 0 Å². The minimum Gasteiger partial charge on any atom is -0.481 e. The molecule has 0 saturated heterocycles.